The summed E-state index contributed by atoms with van der Waals surface area (Å²) in [6.07, 6.45) is 5.40. The lowest BCUT2D eigenvalue weighted by atomic mass is 9.78. The maximum atomic E-state index is 12.3. The van der Waals surface area contributed by atoms with E-state index in [4.69, 9.17) is 4.74 Å². The molecule has 2 atom stereocenters. The van der Waals surface area contributed by atoms with Gasteiger partial charge in [-0.25, -0.2) is 0 Å². The van der Waals surface area contributed by atoms with Crippen molar-refractivity contribution in [2.45, 2.75) is 65.4 Å². The van der Waals surface area contributed by atoms with Gasteiger partial charge in [-0.1, -0.05) is 25.0 Å². The van der Waals surface area contributed by atoms with Crippen molar-refractivity contribution in [3.05, 3.63) is 32.9 Å². The molecule has 1 aromatic rings. The third-order valence-corrected chi connectivity index (χ3v) is 5.48. The molecule has 122 valence electrons. The molecule has 0 radical (unpaired) electrons. The molecule has 3 heteroatoms. The molecule has 0 aromatic heterocycles. The van der Waals surface area contributed by atoms with Crippen molar-refractivity contribution in [3.8, 4) is 0 Å². The van der Waals surface area contributed by atoms with Crippen LogP contribution in [-0.4, -0.2) is 11.6 Å². The van der Waals surface area contributed by atoms with Crippen molar-refractivity contribution in [3.63, 3.8) is 0 Å². The van der Waals surface area contributed by atoms with Gasteiger partial charge >= 0.3 is 5.97 Å². The lowest BCUT2D eigenvalue weighted by molar-refractivity contribution is -0.161. The Hall–Kier alpha value is -0.580. The topological polar surface area (TPSA) is 26.3 Å². The molecule has 1 aliphatic rings. The second-order valence-corrected chi connectivity index (χ2v) is 8.71. The van der Waals surface area contributed by atoms with Gasteiger partial charge in [0, 0.05) is 3.57 Å². The van der Waals surface area contributed by atoms with Crippen LogP contribution in [-0.2, 0) is 16.0 Å². The number of aryl methyl sites for hydroxylation is 1. The van der Waals surface area contributed by atoms with Gasteiger partial charge in [0.1, 0.15) is 5.60 Å². The Morgan fingerprint density at radius 3 is 2.68 bits per heavy atom. The van der Waals surface area contributed by atoms with E-state index in [1.165, 1.54) is 21.1 Å². The van der Waals surface area contributed by atoms with Crippen LogP contribution in [0.5, 0.6) is 0 Å². The maximum absolute atomic E-state index is 12.3. The summed E-state index contributed by atoms with van der Waals surface area (Å²) < 4.78 is 6.89. The van der Waals surface area contributed by atoms with Gasteiger partial charge in [0.15, 0.2) is 0 Å². The first-order chi connectivity index (χ1) is 10.2. The van der Waals surface area contributed by atoms with Crippen molar-refractivity contribution in [2.75, 3.05) is 0 Å². The first-order valence-electron chi connectivity index (χ1n) is 8.22. The van der Waals surface area contributed by atoms with E-state index in [1.807, 2.05) is 20.8 Å². The van der Waals surface area contributed by atoms with Crippen LogP contribution in [0.15, 0.2) is 18.2 Å². The van der Waals surface area contributed by atoms with Crippen molar-refractivity contribution >= 4 is 28.6 Å². The Bertz CT molecular complexity index is 531. The van der Waals surface area contributed by atoms with Crippen molar-refractivity contribution in [2.24, 2.45) is 11.8 Å². The summed E-state index contributed by atoms with van der Waals surface area (Å²) in [7, 11) is 0. The van der Waals surface area contributed by atoms with Gasteiger partial charge in [0.2, 0.25) is 0 Å². The lowest BCUT2D eigenvalue weighted by Gasteiger charge is -2.30. The third-order valence-electron chi connectivity index (χ3n) is 4.27. The van der Waals surface area contributed by atoms with Crippen molar-refractivity contribution in [1.29, 1.82) is 0 Å². The molecular weight excluding hydrogens is 387 g/mol. The number of carbonyl (C=O) groups is 1. The number of hydrogen-bond donors (Lipinski definition) is 0. The Labute approximate surface area is 148 Å². The van der Waals surface area contributed by atoms with Gasteiger partial charge in [-0.3, -0.25) is 4.79 Å². The van der Waals surface area contributed by atoms with E-state index in [9.17, 15) is 4.79 Å². The molecule has 0 N–H and O–H groups in total. The summed E-state index contributed by atoms with van der Waals surface area (Å²) >= 11 is 2.37. The number of hydrogen-bond acceptors (Lipinski definition) is 2. The molecule has 0 saturated heterocycles. The summed E-state index contributed by atoms with van der Waals surface area (Å²) in [6.45, 7) is 7.99. The Kier molecular flexibility index (Phi) is 5.92. The van der Waals surface area contributed by atoms with Crippen LogP contribution < -0.4 is 0 Å². The normalized spacial score (nSPS) is 22.4. The average Bonchev–Trinajstić information content (AvgIpc) is 2.41. The van der Waals surface area contributed by atoms with Crippen LogP contribution >= 0.6 is 22.6 Å². The molecule has 22 heavy (non-hydrogen) atoms. The number of rotatable bonds is 3. The molecule has 0 aliphatic heterocycles. The Balaban J connectivity index is 1.95. The second kappa shape index (κ2) is 7.33. The lowest BCUT2D eigenvalue weighted by Crippen LogP contribution is -2.31. The molecule has 2 nitrogen and oxygen atoms in total. The van der Waals surface area contributed by atoms with Crippen LogP contribution in [0, 0.1) is 22.3 Å². The van der Waals surface area contributed by atoms with Gasteiger partial charge < -0.3 is 4.74 Å². The molecule has 0 bridgehead atoms. The Morgan fingerprint density at radius 1 is 1.32 bits per heavy atom. The van der Waals surface area contributed by atoms with Crippen LogP contribution in [0.4, 0.5) is 0 Å². The first-order valence-corrected chi connectivity index (χ1v) is 9.30. The van der Waals surface area contributed by atoms with E-state index in [1.54, 1.807) is 0 Å². The standard InChI is InChI=1S/C19H27IO2/c1-13-10-15(8-9-17(13)20)11-14-6-5-7-16(12-14)18(21)22-19(2,3)4/h8-10,14,16H,5-7,11-12H2,1-4H3. The predicted molar refractivity (Wildman–Crippen MR) is 98.9 cm³/mol. The van der Waals surface area contributed by atoms with Gasteiger partial charge in [-0.2, -0.15) is 0 Å². The maximum Gasteiger partial charge on any atom is 0.309 e. The summed E-state index contributed by atoms with van der Waals surface area (Å²) in [5.74, 6) is 0.685. The smallest absolute Gasteiger partial charge is 0.309 e. The molecule has 1 aliphatic carbocycles. The monoisotopic (exact) mass is 414 g/mol. The molecule has 2 rings (SSSR count). The van der Waals surface area contributed by atoms with Crippen LogP contribution in [0.25, 0.3) is 0 Å². The van der Waals surface area contributed by atoms with Gasteiger partial charge in [-0.15, -0.1) is 0 Å². The van der Waals surface area contributed by atoms with Crippen LogP contribution in [0.1, 0.15) is 57.6 Å². The van der Waals surface area contributed by atoms with Gasteiger partial charge in [0.05, 0.1) is 5.92 Å². The quantitative estimate of drug-likeness (QED) is 0.496. The minimum absolute atomic E-state index is 0.00371. The fraction of sp³-hybridized carbons (Fsp3) is 0.632. The largest absolute Gasteiger partial charge is 0.460 e. The second-order valence-electron chi connectivity index (χ2n) is 7.55. The highest BCUT2D eigenvalue weighted by molar-refractivity contribution is 14.1. The molecule has 0 heterocycles. The molecule has 1 saturated carbocycles. The molecule has 1 fully saturated rings. The van der Waals surface area contributed by atoms with Crippen LogP contribution in [0.3, 0.4) is 0 Å². The summed E-state index contributed by atoms with van der Waals surface area (Å²) in [4.78, 5) is 12.3. The van der Waals surface area contributed by atoms with E-state index in [0.29, 0.717) is 5.92 Å². The Morgan fingerprint density at radius 2 is 2.05 bits per heavy atom. The summed E-state index contributed by atoms with van der Waals surface area (Å²) in [5.41, 5.74) is 2.36. The summed E-state index contributed by atoms with van der Waals surface area (Å²) in [6, 6.07) is 6.71. The fourth-order valence-corrected chi connectivity index (χ4v) is 3.58. The number of esters is 1. The number of ether oxygens (including phenoxy) is 1. The third kappa shape index (κ3) is 5.25. The fourth-order valence-electron chi connectivity index (χ4n) is 3.24. The van der Waals surface area contributed by atoms with Gasteiger partial charge in [-0.05, 0) is 92.7 Å². The molecule has 0 amide bonds. The number of carbonyl (C=O) groups excluding carboxylic acids is 1. The van der Waals surface area contributed by atoms with Gasteiger partial charge in [0.25, 0.3) is 0 Å². The SMILES string of the molecule is Cc1cc(CC2CCCC(C(=O)OC(C)(C)C)C2)ccc1I. The molecular formula is C19H27IO2. The van der Waals surface area contributed by atoms with E-state index < -0.39 is 0 Å². The number of benzene rings is 1. The van der Waals surface area contributed by atoms with E-state index in [2.05, 4.69) is 47.7 Å². The van der Waals surface area contributed by atoms with Crippen molar-refractivity contribution < 1.29 is 9.53 Å². The highest BCUT2D eigenvalue weighted by atomic mass is 127. The zero-order valence-corrected chi connectivity index (χ0v) is 16.3. The van der Waals surface area contributed by atoms with E-state index in [0.717, 1.165) is 25.7 Å². The molecule has 0 spiro atoms. The van der Waals surface area contributed by atoms with E-state index in [-0.39, 0.29) is 17.5 Å². The first kappa shape index (κ1) is 17.8. The van der Waals surface area contributed by atoms with Crippen molar-refractivity contribution in [1.82, 2.24) is 0 Å². The number of halogens is 1. The average molecular weight is 414 g/mol. The minimum atomic E-state index is -0.378. The molecule has 2 unspecified atom stereocenters. The zero-order valence-electron chi connectivity index (χ0n) is 14.1. The predicted octanol–water partition coefficient (Wildman–Crippen LogP) is 5.29. The summed E-state index contributed by atoms with van der Waals surface area (Å²) in [5, 5.41) is 0. The van der Waals surface area contributed by atoms with Crippen LogP contribution in [0.2, 0.25) is 0 Å². The highest BCUT2D eigenvalue weighted by Gasteiger charge is 2.30. The zero-order chi connectivity index (χ0) is 16.3. The molecule has 1 aromatic carbocycles. The highest BCUT2D eigenvalue weighted by Crippen LogP contribution is 2.33. The van der Waals surface area contributed by atoms with E-state index >= 15 is 0 Å². The minimum Gasteiger partial charge on any atom is -0.460 e.